The fraction of sp³-hybridized carbons (Fsp3) is 0.310. The van der Waals surface area contributed by atoms with Crippen LogP contribution >= 0.6 is 0 Å². The molecule has 0 bridgehead atoms. The first-order chi connectivity index (χ1) is 18.7. The van der Waals surface area contributed by atoms with Crippen LogP contribution in [0.25, 0.3) is 11.0 Å². The molecule has 5 rings (SSSR count). The van der Waals surface area contributed by atoms with Crippen LogP contribution in [0.15, 0.2) is 72.8 Å². The number of anilines is 1. The predicted octanol–water partition coefficient (Wildman–Crippen LogP) is 5.79. The number of rotatable bonds is 7. The summed E-state index contributed by atoms with van der Waals surface area (Å²) in [6, 6.07) is 21.4. The Labute approximate surface area is 224 Å². The molecule has 0 aliphatic carbocycles. The minimum atomic E-state index is -4.74. The average Bonchev–Trinajstić information content (AvgIpc) is 3.27. The van der Waals surface area contributed by atoms with E-state index in [-0.39, 0.29) is 11.7 Å². The summed E-state index contributed by atoms with van der Waals surface area (Å²) in [5.41, 5.74) is 3.48. The van der Waals surface area contributed by atoms with Gasteiger partial charge in [-0.2, -0.15) is 0 Å². The molecule has 1 saturated heterocycles. The molecule has 39 heavy (non-hydrogen) atoms. The number of amides is 1. The molecule has 4 aromatic rings. The smallest absolute Gasteiger partial charge is 0.483 e. The van der Waals surface area contributed by atoms with Crippen molar-refractivity contribution in [3.05, 3.63) is 84.2 Å². The number of piperazine rings is 1. The van der Waals surface area contributed by atoms with E-state index < -0.39 is 12.5 Å². The maximum absolute atomic E-state index is 12.6. The second-order valence-corrected chi connectivity index (χ2v) is 9.49. The molecule has 1 fully saturated rings. The van der Waals surface area contributed by atoms with Crippen molar-refractivity contribution < 1.29 is 27.4 Å². The third-order valence-corrected chi connectivity index (χ3v) is 6.77. The fourth-order valence-corrected chi connectivity index (χ4v) is 4.82. The van der Waals surface area contributed by atoms with Gasteiger partial charge in [0.2, 0.25) is 5.91 Å². The number of hydrogen-bond acceptors (Lipinski definition) is 5. The van der Waals surface area contributed by atoms with E-state index in [9.17, 15) is 18.0 Å². The maximum atomic E-state index is 12.6. The number of para-hydroxylation sites is 1. The Bertz CT molecular complexity index is 1430. The summed E-state index contributed by atoms with van der Waals surface area (Å²) in [4.78, 5) is 20.7. The van der Waals surface area contributed by atoms with Crippen molar-refractivity contribution in [3.63, 3.8) is 0 Å². The van der Waals surface area contributed by atoms with Crippen LogP contribution in [0.2, 0.25) is 0 Å². The molecule has 1 aliphatic rings. The van der Waals surface area contributed by atoms with Gasteiger partial charge in [-0.1, -0.05) is 30.3 Å². The molecular formula is C29H29F3N4O3. The van der Waals surface area contributed by atoms with Crippen LogP contribution in [0.3, 0.4) is 0 Å². The third kappa shape index (κ3) is 6.27. The van der Waals surface area contributed by atoms with Crippen LogP contribution < -0.4 is 14.4 Å². The van der Waals surface area contributed by atoms with E-state index in [1.54, 1.807) is 19.1 Å². The van der Waals surface area contributed by atoms with Gasteiger partial charge >= 0.3 is 6.36 Å². The fourth-order valence-electron chi connectivity index (χ4n) is 4.82. The number of benzene rings is 3. The van der Waals surface area contributed by atoms with Gasteiger partial charge in [0.05, 0.1) is 11.0 Å². The Morgan fingerprint density at radius 3 is 2.28 bits per heavy atom. The summed E-state index contributed by atoms with van der Waals surface area (Å²) in [7, 11) is 0. The van der Waals surface area contributed by atoms with Crippen LogP contribution in [0, 0.1) is 0 Å². The van der Waals surface area contributed by atoms with Crippen molar-refractivity contribution in [2.75, 3.05) is 31.1 Å². The van der Waals surface area contributed by atoms with Crippen LogP contribution in [0.4, 0.5) is 18.9 Å². The molecule has 1 aromatic heterocycles. The number of nitrogens with zero attached hydrogens (tertiary/aromatic N) is 4. The Morgan fingerprint density at radius 2 is 1.64 bits per heavy atom. The molecule has 204 valence electrons. The summed E-state index contributed by atoms with van der Waals surface area (Å²) in [6.07, 6.45) is -5.14. The molecule has 0 spiro atoms. The molecule has 0 saturated carbocycles. The summed E-state index contributed by atoms with van der Waals surface area (Å²) in [6.45, 7) is 6.65. The second kappa shape index (κ2) is 10.9. The summed E-state index contributed by atoms with van der Waals surface area (Å²) < 4.78 is 50.1. The highest BCUT2D eigenvalue weighted by atomic mass is 19.4. The molecule has 2 heterocycles. The predicted molar refractivity (Wildman–Crippen MR) is 142 cm³/mol. The van der Waals surface area contributed by atoms with Gasteiger partial charge in [-0.3, -0.25) is 4.79 Å². The van der Waals surface area contributed by atoms with Crippen molar-refractivity contribution in [2.24, 2.45) is 0 Å². The molecule has 1 aliphatic heterocycles. The van der Waals surface area contributed by atoms with Crippen LogP contribution in [0.5, 0.6) is 11.5 Å². The zero-order valence-electron chi connectivity index (χ0n) is 21.7. The molecule has 10 heteroatoms. The first-order valence-corrected chi connectivity index (χ1v) is 12.7. The number of carbonyl (C=O) groups is 1. The molecule has 1 atom stereocenters. The van der Waals surface area contributed by atoms with Gasteiger partial charge in [0.25, 0.3) is 0 Å². The lowest BCUT2D eigenvalue weighted by Crippen LogP contribution is -2.48. The van der Waals surface area contributed by atoms with Crippen LogP contribution in [-0.2, 0) is 11.3 Å². The number of halogens is 3. The normalized spacial score (nSPS) is 14.9. The van der Waals surface area contributed by atoms with E-state index >= 15 is 0 Å². The van der Waals surface area contributed by atoms with Gasteiger partial charge in [-0.15, -0.1) is 13.2 Å². The largest absolute Gasteiger partial charge is 0.573 e. The highest BCUT2D eigenvalue weighted by molar-refractivity contribution is 5.81. The van der Waals surface area contributed by atoms with Crippen molar-refractivity contribution in [3.8, 4) is 11.5 Å². The van der Waals surface area contributed by atoms with E-state index in [1.807, 2.05) is 58.9 Å². The third-order valence-electron chi connectivity index (χ3n) is 6.77. The summed E-state index contributed by atoms with van der Waals surface area (Å²) >= 11 is 0. The lowest BCUT2D eigenvalue weighted by Gasteiger charge is -2.35. The minimum Gasteiger partial charge on any atom is -0.483 e. The first kappa shape index (κ1) is 26.4. The summed E-state index contributed by atoms with van der Waals surface area (Å²) in [5, 5.41) is 0. The van der Waals surface area contributed by atoms with Crippen LogP contribution in [0.1, 0.15) is 31.3 Å². The summed E-state index contributed by atoms with van der Waals surface area (Å²) in [5.74, 6) is 1.21. The quantitative estimate of drug-likeness (QED) is 0.298. The van der Waals surface area contributed by atoms with Crippen molar-refractivity contribution in [1.82, 2.24) is 14.5 Å². The lowest BCUT2D eigenvalue weighted by atomic mass is 10.2. The van der Waals surface area contributed by atoms with E-state index in [0.29, 0.717) is 31.2 Å². The number of fused-ring (bicyclic) bond motifs is 1. The van der Waals surface area contributed by atoms with Gasteiger partial charge in [0.1, 0.15) is 11.5 Å². The van der Waals surface area contributed by atoms with Gasteiger partial charge in [0.15, 0.2) is 11.9 Å². The van der Waals surface area contributed by atoms with Crippen molar-refractivity contribution in [2.45, 2.75) is 32.9 Å². The molecule has 1 unspecified atom stereocenters. The Morgan fingerprint density at radius 1 is 0.949 bits per heavy atom. The number of imidazole rings is 1. The second-order valence-electron chi connectivity index (χ2n) is 9.49. The Hall–Kier alpha value is -4.21. The van der Waals surface area contributed by atoms with E-state index in [0.717, 1.165) is 35.4 Å². The number of carbonyl (C=O) groups excluding carboxylic acids is 1. The topological polar surface area (TPSA) is 59.8 Å². The number of alkyl halides is 3. The SMILES string of the molecule is CC(=O)N1CCN(c2ccc3nc(C(C)Oc4ccccc4)n(Cc4ccc(OC(F)(F)F)cc4)c3c2)CC1. The molecule has 1 amide bonds. The first-order valence-electron chi connectivity index (χ1n) is 12.7. The zero-order chi connectivity index (χ0) is 27.6. The molecular weight excluding hydrogens is 509 g/mol. The Kier molecular flexibility index (Phi) is 7.36. The standard InChI is InChI=1S/C29H29F3N4O3/c1-20(38-24-6-4-3-5-7-24)28-33-26-13-10-23(35-16-14-34(15-17-35)21(2)37)18-27(26)36(28)19-22-8-11-25(12-9-22)39-29(30,31)32/h3-13,18,20H,14-17,19H2,1-2H3. The van der Waals surface area contributed by atoms with Crippen molar-refractivity contribution in [1.29, 1.82) is 0 Å². The van der Waals surface area contributed by atoms with Gasteiger partial charge in [-0.05, 0) is 55.0 Å². The lowest BCUT2D eigenvalue weighted by molar-refractivity contribution is -0.274. The Balaban J connectivity index is 1.47. The maximum Gasteiger partial charge on any atom is 0.573 e. The highest BCUT2D eigenvalue weighted by Gasteiger charge is 2.31. The zero-order valence-corrected chi connectivity index (χ0v) is 21.7. The van der Waals surface area contributed by atoms with Gasteiger partial charge in [0, 0.05) is 45.3 Å². The van der Waals surface area contributed by atoms with Crippen molar-refractivity contribution >= 4 is 22.6 Å². The van der Waals surface area contributed by atoms with E-state index in [4.69, 9.17) is 9.72 Å². The van der Waals surface area contributed by atoms with Crippen LogP contribution in [-0.4, -0.2) is 52.9 Å². The highest BCUT2D eigenvalue weighted by Crippen LogP contribution is 2.30. The van der Waals surface area contributed by atoms with E-state index in [2.05, 4.69) is 15.7 Å². The molecule has 0 radical (unpaired) electrons. The number of hydrogen-bond donors (Lipinski definition) is 0. The monoisotopic (exact) mass is 538 g/mol. The van der Waals surface area contributed by atoms with Gasteiger partial charge in [-0.25, -0.2) is 4.98 Å². The average molecular weight is 539 g/mol. The number of ether oxygens (including phenoxy) is 2. The molecule has 7 nitrogen and oxygen atoms in total. The molecule has 3 aromatic carbocycles. The molecule has 0 N–H and O–H groups in total. The number of aromatic nitrogens is 2. The van der Waals surface area contributed by atoms with E-state index in [1.165, 1.54) is 12.1 Å². The minimum absolute atomic E-state index is 0.0758. The van der Waals surface area contributed by atoms with Gasteiger partial charge < -0.3 is 23.8 Å².